The van der Waals surface area contributed by atoms with E-state index in [1.54, 1.807) is 0 Å². The molecule has 152 valence electrons. The molecular weight excluding hydrogens is 354 g/mol. The molecule has 28 heavy (non-hydrogen) atoms. The van der Waals surface area contributed by atoms with Crippen molar-refractivity contribution in [3.05, 3.63) is 42.0 Å². The van der Waals surface area contributed by atoms with E-state index in [4.69, 9.17) is 9.47 Å². The highest BCUT2D eigenvalue weighted by Gasteiger charge is 2.44. The van der Waals surface area contributed by atoms with Crippen LogP contribution in [0.5, 0.6) is 0 Å². The normalized spacial score (nSPS) is 23.7. The van der Waals surface area contributed by atoms with Crippen LogP contribution in [0.15, 0.2) is 36.4 Å². The Kier molecular flexibility index (Phi) is 7.26. The van der Waals surface area contributed by atoms with Crippen molar-refractivity contribution >= 4 is 18.0 Å². The van der Waals surface area contributed by atoms with Gasteiger partial charge in [-0.25, -0.2) is 0 Å². The summed E-state index contributed by atoms with van der Waals surface area (Å²) in [7, 11) is 0. The van der Waals surface area contributed by atoms with Gasteiger partial charge in [-0.05, 0) is 44.6 Å². The lowest BCUT2D eigenvalue weighted by Gasteiger charge is -2.42. The number of piperidine rings is 1. The quantitative estimate of drug-likeness (QED) is 0.701. The first-order valence-corrected chi connectivity index (χ1v) is 10.4. The Bertz CT molecular complexity index is 681. The zero-order valence-corrected chi connectivity index (χ0v) is 16.8. The van der Waals surface area contributed by atoms with Crippen LogP contribution in [0.1, 0.15) is 44.6 Å². The van der Waals surface area contributed by atoms with Crippen molar-refractivity contribution in [2.75, 3.05) is 32.9 Å². The molecule has 1 unspecified atom stereocenters. The molecule has 0 spiro atoms. The number of allylic oxidation sites excluding steroid dienone is 1. The van der Waals surface area contributed by atoms with Crippen molar-refractivity contribution in [2.45, 2.75) is 39.0 Å². The molecule has 1 aromatic carbocycles. The molecule has 2 heterocycles. The lowest BCUT2D eigenvalue weighted by Crippen LogP contribution is -2.52. The van der Waals surface area contributed by atoms with Gasteiger partial charge in [-0.3, -0.25) is 9.59 Å². The lowest BCUT2D eigenvalue weighted by atomic mass is 9.76. The second-order valence-electron chi connectivity index (χ2n) is 7.77. The molecule has 2 saturated heterocycles. The topological polar surface area (TPSA) is 55.8 Å². The summed E-state index contributed by atoms with van der Waals surface area (Å²) in [5.74, 6) is 0.00695. The maximum atomic E-state index is 13.0. The molecule has 0 radical (unpaired) electrons. The highest BCUT2D eigenvalue weighted by atomic mass is 16.5. The first-order valence-electron chi connectivity index (χ1n) is 10.4. The standard InChI is InChI=1S/C23H31NO4/c1-2-28-22(26)23(13-6-10-19-8-4-3-5-9-19)14-7-15-24(18-23)21(25)20-11-16-27-17-12-20/h3-6,8-10,20H,2,7,11-18H2,1H3/b10-6+. The average molecular weight is 386 g/mol. The Hall–Kier alpha value is -2.14. The first kappa shape index (κ1) is 20.6. The van der Waals surface area contributed by atoms with Gasteiger partial charge in [0.05, 0.1) is 12.0 Å². The molecule has 5 heteroatoms. The van der Waals surface area contributed by atoms with Gasteiger partial charge in [-0.2, -0.15) is 0 Å². The van der Waals surface area contributed by atoms with Gasteiger partial charge in [0.1, 0.15) is 0 Å². The number of benzene rings is 1. The van der Waals surface area contributed by atoms with E-state index in [0.717, 1.165) is 37.8 Å². The fourth-order valence-corrected chi connectivity index (χ4v) is 4.21. The second-order valence-corrected chi connectivity index (χ2v) is 7.77. The molecule has 2 aliphatic rings. The summed E-state index contributed by atoms with van der Waals surface area (Å²) in [6.45, 7) is 4.65. The molecule has 2 aliphatic heterocycles. The fourth-order valence-electron chi connectivity index (χ4n) is 4.21. The largest absolute Gasteiger partial charge is 0.466 e. The molecule has 2 fully saturated rings. The average Bonchev–Trinajstić information content (AvgIpc) is 2.75. The summed E-state index contributed by atoms with van der Waals surface area (Å²) >= 11 is 0. The summed E-state index contributed by atoms with van der Waals surface area (Å²) in [4.78, 5) is 27.8. The number of amides is 1. The Morgan fingerprint density at radius 2 is 2.00 bits per heavy atom. The number of esters is 1. The van der Waals surface area contributed by atoms with E-state index in [1.807, 2.05) is 48.2 Å². The minimum atomic E-state index is -0.652. The molecule has 1 atom stereocenters. The van der Waals surface area contributed by atoms with Gasteiger partial charge < -0.3 is 14.4 Å². The number of carbonyl (C=O) groups is 2. The maximum Gasteiger partial charge on any atom is 0.314 e. The minimum absolute atomic E-state index is 0.0200. The van der Waals surface area contributed by atoms with Gasteiger partial charge in [0.25, 0.3) is 0 Å². The van der Waals surface area contributed by atoms with Crippen LogP contribution in [-0.4, -0.2) is 49.7 Å². The molecule has 0 bridgehead atoms. The Labute approximate surface area is 167 Å². The van der Waals surface area contributed by atoms with Gasteiger partial charge in [0.15, 0.2) is 0 Å². The maximum absolute atomic E-state index is 13.0. The van der Waals surface area contributed by atoms with Crippen molar-refractivity contribution in [3.63, 3.8) is 0 Å². The van der Waals surface area contributed by atoms with Gasteiger partial charge in [0.2, 0.25) is 5.91 Å². The first-order chi connectivity index (χ1) is 13.6. The third-order valence-corrected chi connectivity index (χ3v) is 5.79. The summed E-state index contributed by atoms with van der Waals surface area (Å²) in [6, 6.07) is 10.1. The Balaban J connectivity index is 1.73. The molecule has 0 aromatic heterocycles. The Morgan fingerprint density at radius 3 is 2.71 bits per heavy atom. The zero-order valence-electron chi connectivity index (χ0n) is 16.8. The smallest absolute Gasteiger partial charge is 0.314 e. The Morgan fingerprint density at radius 1 is 1.25 bits per heavy atom. The summed E-state index contributed by atoms with van der Waals surface area (Å²) in [5, 5.41) is 0. The SMILES string of the molecule is CCOC(=O)C1(C/C=C/c2ccccc2)CCCN(C(=O)C2CCOCC2)C1. The third kappa shape index (κ3) is 5.02. The second kappa shape index (κ2) is 9.87. The van der Waals surface area contributed by atoms with Gasteiger partial charge in [-0.15, -0.1) is 0 Å². The summed E-state index contributed by atoms with van der Waals surface area (Å²) < 4.78 is 10.8. The van der Waals surface area contributed by atoms with E-state index in [0.29, 0.717) is 32.8 Å². The molecule has 0 aliphatic carbocycles. The van der Waals surface area contributed by atoms with Crippen LogP contribution in [0.3, 0.4) is 0 Å². The van der Waals surface area contributed by atoms with E-state index >= 15 is 0 Å². The van der Waals surface area contributed by atoms with E-state index in [2.05, 4.69) is 6.08 Å². The van der Waals surface area contributed by atoms with Crippen LogP contribution in [0.2, 0.25) is 0 Å². The van der Waals surface area contributed by atoms with Gasteiger partial charge >= 0.3 is 5.97 Å². The molecule has 5 nitrogen and oxygen atoms in total. The zero-order chi connectivity index (χ0) is 19.8. The van der Waals surface area contributed by atoms with Crippen LogP contribution in [0.4, 0.5) is 0 Å². The number of rotatable bonds is 6. The molecule has 1 aromatic rings. The van der Waals surface area contributed by atoms with Crippen molar-refractivity contribution in [1.82, 2.24) is 4.90 Å². The van der Waals surface area contributed by atoms with Crippen LogP contribution in [0.25, 0.3) is 6.08 Å². The highest BCUT2D eigenvalue weighted by molar-refractivity contribution is 5.82. The highest BCUT2D eigenvalue weighted by Crippen LogP contribution is 2.37. The van der Waals surface area contributed by atoms with E-state index < -0.39 is 5.41 Å². The predicted octanol–water partition coefficient (Wildman–Crippen LogP) is 3.69. The van der Waals surface area contributed by atoms with Crippen molar-refractivity contribution in [2.24, 2.45) is 11.3 Å². The summed E-state index contributed by atoms with van der Waals surface area (Å²) in [5.41, 5.74) is 0.452. The molecule has 0 N–H and O–H groups in total. The molecule has 1 amide bonds. The van der Waals surface area contributed by atoms with E-state index in [-0.39, 0.29) is 17.8 Å². The van der Waals surface area contributed by atoms with Crippen LogP contribution in [-0.2, 0) is 19.1 Å². The van der Waals surface area contributed by atoms with Crippen LogP contribution >= 0.6 is 0 Å². The van der Waals surface area contributed by atoms with Crippen LogP contribution in [0, 0.1) is 11.3 Å². The number of hydrogen-bond acceptors (Lipinski definition) is 4. The van der Waals surface area contributed by atoms with Crippen molar-refractivity contribution < 1.29 is 19.1 Å². The fraction of sp³-hybridized carbons (Fsp3) is 0.565. The van der Waals surface area contributed by atoms with Gasteiger partial charge in [-0.1, -0.05) is 42.5 Å². The van der Waals surface area contributed by atoms with Crippen LogP contribution < -0.4 is 0 Å². The number of nitrogens with zero attached hydrogens (tertiary/aromatic N) is 1. The molecule has 0 saturated carbocycles. The number of ether oxygens (including phenoxy) is 2. The molecular formula is C23H31NO4. The lowest BCUT2D eigenvalue weighted by molar-refractivity contribution is -0.161. The minimum Gasteiger partial charge on any atom is -0.466 e. The van der Waals surface area contributed by atoms with E-state index in [1.165, 1.54) is 0 Å². The van der Waals surface area contributed by atoms with E-state index in [9.17, 15) is 9.59 Å². The predicted molar refractivity (Wildman–Crippen MR) is 109 cm³/mol. The molecule has 3 rings (SSSR count). The number of likely N-dealkylation sites (tertiary alicyclic amines) is 1. The monoisotopic (exact) mass is 385 g/mol. The van der Waals surface area contributed by atoms with Crippen molar-refractivity contribution in [3.8, 4) is 0 Å². The number of hydrogen-bond donors (Lipinski definition) is 0. The van der Waals surface area contributed by atoms with Gasteiger partial charge in [0, 0.05) is 32.2 Å². The number of carbonyl (C=O) groups excluding carboxylic acids is 2. The summed E-state index contributed by atoms with van der Waals surface area (Å²) in [6.07, 6.45) is 7.80. The third-order valence-electron chi connectivity index (χ3n) is 5.79. The van der Waals surface area contributed by atoms with Crippen molar-refractivity contribution in [1.29, 1.82) is 0 Å².